The third-order valence-electron chi connectivity index (χ3n) is 11.3. The first-order valence-electron chi connectivity index (χ1n) is 13.9. The van der Waals surface area contributed by atoms with Gasteiger partial charge in [-0.2, -0.15) is 0 Å². The third kappa shape index (κ3) is 2.91. The molecule has 4 fully saturated rings. The van der Waals surface area contributed by atoms with Crippen molar-refractivity contribution >= 4 is 5.78 Å². The molecule has 194 valence electrons. The summed E-state index contributed by atoms with van der Waals surface area (Å²) in [6.45, 7) is 7.87. The Morgan fingerprint density at radius 3 is 2.58 bits per heavy atom. The Labute approximate surface area is 214 Å². The van der Waals surface area contributed by atoms with Gasteiger partial charge in [0.1, 0.15) is 11.5 Å². The minimum atomic E-state index is -0.857. The molecule has 5 nitrogen and oxygen atoms in total. The Bertz CT molecular complexity index is 1160. The van der Waals surface area contributed by atoms with Crippen LogP contribution in [0.25, 0.3) is 0 Å². The molecule has 5 heteroatoms. The molecule has 0 aromatic heterocycles. The topological polar surface area (TPSA) is 65.0 Å². The lowest BCUT2D eigenvalue weighted by molar-refractivity contribution is -0.355. The zero-order valence-corrected chi connectivity index (χ0v) is 22.2. The molecule has 1 heterocycles. The van der Waals surface area contributed by atoms with Gasteiger partial charge in [0.15, 0.2) is 5.79 Å². The summed E-state index contributed by atoms with van der Waals surface area (Å²) >= 11 is 0. The molecule has 6 aliphatic rings. The van der Waals surface area contributed by atoms with E-state index >= 15 is 0 Å². The molecular weight excluding hydrogens is 452 g/mol. The van der Waals surface area contributed by atoms with Crippen LogP contribution in [0.15, 0.2) is 29.8 Å². The summed E-state index contributed by atoms with van der Waals surface area (Å²) in [5.74, 6) is 1.52. The monoisotopic (exact) mass is 492 g/mol. The summed E-state index contributed by atoms with van der Waals surface area (Å²) in [4.78, 5) is 13.2. The van der Waals surface area contributed by atoms with Gasteiger partial charge in [-0.1, -0.05) is 31.6 Å². The van der Waals surface area contributed by atoms with E-state index in [0.29, 0.717) is 43.7 Å². The number of carbonyl (C=O) groups excluding carboxylic acids is 1. The van der Waals surface area contributed by atoms with Gasteiger partial charge in [0.05, 0.1) is 25.9 Å². The van der Waals surface area contributed by atoms with Gasteiger partial charge in [-0.05, 0) is 80.0 Å². The first kappa shape index (κ1) is 23.4. The molecule has 0 radical (unpaired) electrons. The summed E-state index contributed by atoms with van der Waals surface area (Å²) in [5.41, 5.74) is 2.56. The van der Waals surface area contributed by atoms with Crippen molar-refractivity contribution < 1.29 is 24.1 Å². The van der Waals surface area contributed by atoms with E-state index in [9.17, 15) is 9.90 Å². The fraction of sp³-hybridized carbons (Fsp3) is 0.710. The quantitative estimate of drug-likeness (QED) is 0.536. The summed E-state index contributed by atoms with van der Waals surface area (Å²) in [5, 5.41) is 12.7. The first-order valence-corrected chi connectivity index (χ1v) is 13.9. The van der Waals surface area contributed by atoms with Crippen LogP contribution in [0.5, 0.6) is 5.75 Å². The maximum atomic E-state index is 13.2. The zero-order valence-electron chi connectivity index (χ0n) is 22.2. The van der Waals surface area contributed by atoms with Crippen LogP contribution in [0.4, 0.5) is 0 Å². The lowest BCUT2D eigenvalue weighted by Crippen LogP contribution is -2.69. The lowest BCUT2D eigenvalue weighted by Gasteiger charge is -2.69. The molecule has 1 N–H and O–H groups in total. The number of ether oxygens (including phenoxy) is 3. The van der Waals surface area contributed by atoms with Gasteiger partial charge in [0, 0.05) is 35.5 Å². The number of fused-ring (bicyclic) bond motifs is 4. The predicted molar refractivity (Wildman–Crippen MR) is 136 cm³/mol. The van der Waals surface area contributed by atoms with Gasteiger partial charge < -0.3 is 19.3 Å². The average molecular weight is 493 g/mol. The average Bonchev–Trinajstić information content (AvgIpc) is 3.15. The summed E-state index contributed by atoms with van der Waals surface area (Å²) < 4.78 is 18.5. The van der Waals surface area contributed by atoms with Crippen LogP contribution in [0.1, 0.15) is 82.8 Å². The van der Waals surface area contributed by atoms with E-state index in [1.165, 1.54) is 16.7 Å². The van der Waals surface area contributed by atoms with E-state index in [0.717, 1.165) is 44.3 Å². The van der Waals surface area contributed by atoms with Gasteiger partial charge >= 0.3 is 0 Å². The number of aliphatic hydroxyl groups is 1. The van der Waals surface area contributed by atoms with Crippen LogP contribution in [0, 0.1) is 28.1 Å². The number of rotatable bonds is 1. The molecule has 1 aromatic carbocycles. The van der Waals surface area contributed by atoms with E-state index in [1.54, 1.807) is 7.11 Å². The van der Waals surface area contributed by atoms with Gasteiger partial charge in [-0.25, -0.2) is 0 Å². The molecule has 0 amide bonds. The van der Waals surface area contributed by atoms with Gasteiger partial charge in [0.2, 0.25) is 0 Å². The largest absolute Gasteiger partial charge is 0.497 e. The van der Waals surface area contributed by atoms with Crippen molar-refractivity contribution in [3.05, 3.63) is 41.0 Å². The fourth-order valence-electron chi connectivity index (χ4n) is 9.54. The van der Waals surface area contributed by atoms with Crippen molar-refractivity contribution in [2.24, 2.45) is 28.1 Å². The van der Waals surface area contributed by atoms with Crippen molar-refractivity contribution in [3.63, 3.8) is 0 Å². The highest BCUT2D eigenvalue weighted by atomic mass is 16.7. The van der Waals surface area contributed by atoms with Crippen LogP contribution in [-0.4, -0.2) is 42.6 Å². The van der Waals surface area contributed by atoms with Crippen LogP contribution >= 0.6 is 0 Å². The molecule has 6 atom stereocenters. The molecule has 2 unspecified atom stereocenters. The third-order valence-corrected chi connectivity index (χ3v) is 11.3. The smallest absolute Gasteiger partial charge is 0.171 e. The molecule has 36 heavy (non-hydrogen) atoms. The SMILES string of the molecule is COc1ccc2c(c1)C[C@]13CCC4(C[C@]1(O)CC[C@H]1C5=CCC(=O)[C@@]5(C)CC2C13)OCC(C)(C)CO4. The molecule has 2 spiro atoms. The van der Waals surface area contributed by atoms with Crippen molar-refractivity contribution in [1.29, 1.82) is 0 Å². The lowest BCUT2D eigenvalue weighted by atomic mass is 9.38. The molecule has 5 aliphatic carbocycles. The highest BCUT2D eigenvalue weighted by Crippen LogP contribution is 2.73. The predicted octanol–water partition coefficient (Wildman–Crippen LogP) is 5.34. The van der Waals surface area contributed by atoms with Crippen molar-refractivity contribution in [1.82, 2.24) is 0 Å². The molecule has 1 aliphatic heterocycles. The number of benzene rings is 1. The normalized spacial score (nSPS) is 43.6. The van der Waals surface area contributed by atoms with Crippen molar-refractivity contribution in [3.8, 4) is 5.75 Å². The van der Waals surface area contributed by atoms with Crippen molar-refractivity contribution in [2.45, 2.75) is 89.4 Å². The molecule has 1 aromatic rings. The number of hydrogen-bond donors (Lipinski definition) is 1. The summed E-state index contributed by atoms with van der Waals surface area (Å²) in [6.07, 6.45) is 8.43. The Morgan fingerprint density at radius 2 is 1.83 bits per heavy atom. The van der Waals surface area contributed by atoms with E-state index in [1.807, 2.05) is 0 Å². The van der Waals surface area contributed by atoms with Crippen LogP contribution in [-0.2, 0) is 20.7 Å². The molecule has 0 bridgehead atoms. The maximum absolute atomic E-state index is 13.2. The summed E-state index contributed by atoms with van der Waals surface area (Å²) in [7, 11) is 1.72. The Morgan fingerprint density at radius 1 is 1.06 bits per heavy atom. The van der Waals surface area contributed by atoms with Gasteiger partial charge in [-0.3, -0.25) is 4.79 Å². The van der Waals surface area contributed by atoms with Crippen molar-refractivity contribution in [2.75, 3.05) is 20.3 Å². The highest BCUT2D eigenvalue weighted by molar-refractivity contribution is 5.92. The maximum Gasteiger partial charge on any atom is 0.171 e. The van der Waals surface area contributed by atoms with E-state index in [-0.39, 0.29) is 22.2 Å². The minimum absolute atomic E-state index is 0.00139. The fourth-order valence-corrected chi connectivity index (χ4v) is 9.54. The van der Waals surface area contributed by atoms with Crippen LogP contribution < -0.4 is 4.74 Å². The second-order valence-corrected chi connectivity index (χ2v) is 13.9. The number of allylic oxidation sites excluding steroid dienone is 2. The standard InChI is InChI=1S/C31H40O5/c1-27(2)17-35-31(36-18-27)12-11-29-14-19-13-20(34-4)5-6-21(19)23-15-28(3)24(7-8-25(28)32)22(26(23)29)9-10-30(29,33)16-31/h5-7,13,22-23,26,33H,8-12,14-18H2,1-4H3/t22-,23?,26?,28-,29-,30+/m0/s1. The second-order valence-electron chi connectivity index (χ2n) is 13.9. The number of Topliss-reactive ketones (excluding diaryl/α,β-unsaturated/α-hetero) is 1. The van der Waals surface area contributed by atoms with Gasteiger partial charge in [-0.15, -0.1) is 0 Å². The van der Waals surface area contributed by atoms with E-state index in [2.05, 4.69) is 45.0 Å². The second kappa shape index (κ2) is 7.24. The molecule has 1 saturated heterocycles. The Kier molecular flexibility index (Phi) is 4.71. The number of carbonyl (C=O) groups is 1. The molecule has 7 rings (SSSR count). The molecule has 3 saturated carbocycles. The minimum Gasteiger partial charge on any atom is -0.497 e. The highest BCUT2D eigenvalue weighted by Gasteiger charge is 2.71. The van der Waals surface area contributed by atoms with Crippen LogP contribution in [0.2, 0.25) is 0 Å². The molecular formula is C31H40O5. The first-order chi connectivity index (χ1) is 17.0. The zero-order chi connectivity index (χ0) is 25.1. The number of methoxy groups -OCH3 is 1. The Hall–Kier alpha value is -1.69. The Balaban J connectivity index is 1.35. The summed E-state index contributed by atoms with van der Waals surface area (Å²) in [6, 6.07) is 6.51. The van der Waals surface area contributed by atoms with E-state index < -0.39 is 11.4 Å². The van der Waals surface area contributed by atoms with E-state index in [4.69, 9.17) is 14.2 Å². The number of ketones is 1. The van der Waals surface area contributed by atoms with Crippen LogP contribution in [0.3, 0.4) is 0 Å². The number of hydrogen-bond acceptors (Lipinski definition) is 5. The van der Waals surface area contributed by atoms with Gasteiger partial charge in [0.25, 0.3) is 0 Å².